The number of H-pyrrole nitrogens is 1. The zero-order chi connectivity index (χ0) is 19.3. The van der Waals surface area contributed by atoms with Gasteiger partial charge in [0.1, 0.15) is 17.5 Å². The van der Waals surface area contributed by atoms with E-state index < -0.39 is 8.07 Å². The lowest BCUT2D eigenvalue weighted by atomic mass is 10.3. The number of nitriles is 1. The van der Waals surface area contributed by atoms with E-state index in [9.17, 15) is 0 Å². The lowest BCUT2D eigenvalue weighted by Gasteiger charge is -1.95. The van der Waals surface area contributed by atoms with Gasteiger partial charge in [-0.25, -0.2) is 4.98 Å². The van der Waals surface area contributed by atoms with Crippen molar-refractivity contribution in [1.29, 1.82) is 5.26 Å². The zero-order valence-corrected chi connectivity index (χ0v) is 15.9. The Bertz CT molecular complexity index is 830. The highest BCUT2D eigenvalue weighted by molar-refractivity contribution is 6.98. The summed E-state index contributed by atoms with van der Waals surface area (Å²) in [6.45, 7) is 6.31. The van der Waals surface area contributed by atoms with Gasteiger partial charge in [-0.15, -0.1) is 0 Å². The van der Waals surface area contributed by atoms with E-state index in [1.165, 1.54) is 0 Å². The lowest BCUT2D eigenvalue weighted by molar-refractivity contribution is 0.00680. The van der Waals surface area contributed by atoms with E-state index in [0.717, 1.165) is 11.4 Å². The molecule has 8 nitrogen and oxygen atoms in total. The third-order valence-electron chi connectivity index (χ3n) is 2.57. The molecule has 0 unspecified atom stereocenters. The minimum Gasteiger partial charge on any atom is -0.363 e. The first-order valence-corrected chi connectivity index (χ1v) is 11.3. The summed E-state index contributed by atoms with van der Waals surface area (Å²) in [6.07, 6.45) is 4.96. The normalized spacial score (nSPS) is 9.31. The van der Waals surface area contributed by atoms with Crippen molar-refractivity contribution >= 4 is 13.9 Å². The Kier molecular flexibility index (Phi) is 8.82. The molecule has 26 heavy (non-hydrogen) atoms. The van der Waals surface area contributed by atoms with Crippen molar-refractivity contribution in [2.24, 2.45) is 0 Å². The van der Waals surface area contributed by atoms with Crippen molar-refractivity contribution in [3.8, 4) is 17.5 Å². The van der Waals surface area contributed by atoms with E-state index in [1.54, 1.807) is 42.6 Å². The first kappa shape index (κ1) is 20.6. The highest BCUT2D eigenvalue weighted by Gasteiger charge is 2.14. The Morgan fingerprint density at radius 1 is 1.08 bits per heavy atom. The van der Waals surface area contributed by atoms with Gasteiger partial charge >= 0.3 is 0 Å². The minimum absolute atomic E-state index is 0.465. The molecule has 0 atom stereocenters. The van der Waals surface area contributed by atoms with Crippen molar-refractivity contribution < 1.29 is 4.79 Å². The number of hydrogen-bond donors (Lipinski definition) is 1. The summed E-state index contributed by atoms with van der Waals surface area (Å²) in [6, 6.07) is 12.8. The molecule has 3 aromatic heterocycles. The average molecular weight is 364 g/mol. The molecule has 3 heterocycles. The van der Waals surface area contributed by atoms with Crippen molar-refractivity contribution in [2.45, 2.75) is 19.6 Å². The van der Waals surface area contributed by atoms with Crippen LogP contribution in [-0.4, -0.2) is 44.1 Å². The molecule has 0 spiro atoms. The van der Waals surface area contributed by atoms with E-state index in [0.29, 0.717) is 5.69 Å². The van der Waals surface area contributed by atoms with E-state index in [2.05, 4.69) is 49.8 Å². The fraction of sp³-hybridized carbons (Fsp3) is 0.176. The van der Waals surface area contributed by atoms with Crippen molar-refractivity contribution in [1.82, 2.24) is 25.4 Å². The van der Waals surface area contributed by atoms with Crippen LogP contribution < -0.4 is 0 Å². The van der Waals surface area contributed by atoms with Crippen molar-refractivity contribution in [3.63, 3.8) is 0 Å². The van der Waals surface area contributed by atoms with Crippen LogP contribution in [0.15, 0.2) is 55.0 Å². The molecule has 0 aromatic carbocycles. The number of hydrogen-bond acceptors (Lipinski definition) is 5. The second-order valence-electron chi connectivity index (χ2n) is 6.01. The highest BCUT2D eigenvalue weighted by atomic mass is 28.3. The van der Waals surface area contributed by atoms with Crippen LogP contribution in [0.2, 0.25) is 19.6 Å². The van der Waals surface area contributed by atoms with Crippen molar-refractivity contribution in [2.75, 3.05) is 0 Å². The molecule has 0 bridgehead atoms. The molecule has 132 valence electrons. The molecule has 0 aliphatic carbocycles. The monoisotopic (exact) mass is 364 g/mol. The van der Waals surface area contributed by atoms with E-state index in [-0.39, 0.29) is 0 Å². The summed E-state index contributed by atoms with van der Waals surface area (Å²) < 4.78 is 0. The molecule has 0 aliphatic heterocycles. The van der Waals surface area contributed by atoms with Crippen LogP contribution in [0.4, 0.5) is 0 Å². The van der Waals surface area contributed by atoms with Gasteiger partial charge in [-0.05, 0) is 24.3 Å². The van der Waals surface area contributed by atoms with Crippen LogP contribution in [0.25, 0.3) is 16.9 Å². The van der Waals surface area contributed by atoms with Crippen molar-refractivity contribution in [3.05, 3.63) is 66.2 Å². The van der Waals surface area contributed by atoms with Gasteiger partial charge < -0.3 is 5.53 Å². The van der Waals surface area contributed by atoms with Gasteiger partial charge in [-0.3, -0.25) is 4.98 Å². The van der Waals surface area contributed by atoms with Gasteiger partial charge in [0.05, 0.1) is 11.9 Å². The number of aromatic amines is 1. The summed E-state index contributed by atoms with van der Waals surface area (Å²) in [5.41, 5.74) is 10.1. The Hall–Kier alpha value is -3.47. The summed E-state index contributed by atoms with van der Waals surface area (Å²) in [7, 11) is -1.20. The molecule has 0 amide bonds. The maximum absolute atomic E-state index is 8.23. The molecule has 9 heteroatoms. The van der Waals surface area contributed by atoms with Crippen LogP contribution in [-0.2, 0) is 0 Å². The van der Waals surface area contributed by atoms with Gasteiger partial charge in [-0.1, -0.05) is 31.8 Å². The Labute approximate surface area is 153 Å². The molecule has 0 radical (unpaired) electrons. The zero-order valence-electron chi connectivity index (χ0n) is 14.9. The highest BCUT2D eigenvalue weighted by Crippen LogP contribution is 2.09. The standard InChI is InChI=1S/C7H6N4.C6H4N2.C4H10N2Si/c1-2-4-8-6(3-1)7-5-9-11-10-7;7-5-6-3-1-2-4-8-6;1-7(2,3)4-6-5/h1-5H,(H,9,10,11);1-4H;4H,1-3H3. The second-order valence-corrected chi connectivity index (χ2v) is 11.0. The van der Waals surface area contributed by atoms with Gasteiger partial charge in [-0.2, -0.15) is 25.5 Å². The van der Waals surface area contributed by atoms with E-state index in [4.69, 9.17) is 10.8 Å². The van der Waals surface area contributed by atoms with E-state index >= 15 is 0 Å². The Morgan fingerprint density at radius 3 is 2.12 bits per heavy atom. The fourth-order valence-electron chi connectivity index (χ4n) is 1.44. The number of rotatable bonds is 2. The van der Waals surface area contributed by atoms with Gasteiger partial charge in [0.15, 0.2) is 8.07 Å². The SMILES string of the molecule is C[Si](C)(C)C=[N+]=[N-].N#Cc1ccccn1.c1ccc(-c2cn[nH]n2)nc1. The smallest absolute Gasteiger partial charge is 0.226 e. The Morgan fingerprint density at radius 2 is 1.77 bits per heavy atom. The number of nitrogens with one attached hydrogen (secondary N) is 1. The number of pyridine rings is 2. The number of aromatic nitrogens is 5. The molecular weight excluding hydrogens is 344 g/mol. The third kappa shape index (κ3) is 8.98. The second kappa shape index (κ2) is 11.1. The minimum atomic E-state index is -1.20. The van der Waals surface area contributed by atoms with Crippen LogP contribution in [0.5, 0.6) is 0 Å². The third-order valence-corrected chi connectivity index (χ3v) is 3.46. The molecule has 0 aliphatic rings. The summed E-state index contributed by atoms with van der Waals surface area (Å²) in [5.74, 6) is 1.63. The number of nitrogens with zero attached hydrogens (tertiary/aromatic N) is 7. The molecule has 3 aromatic rings. The van der Waals surface area contributed by atoms with Crippen LogP contribution in [0.3, 0.4) is 0 Å². The maximum atomic E-state index is 8.23. The predicted molar refractivity (Wildman–Crippen MR) is 102 cm³/mol. The van der Waals surface area contributed by atoms with Crippen LogP contribution in [0.1, 0.15) is 5.69 Å². The molecule has 3 rings (SSSR count). The maximum Gasteiger partial charge on any atom is 0.226 e. The first-order chi connectivity index (χ1) is 12.5. The molecule has 1 N–H and O–H groups in total. The Balaban J connectivity index is 0.000000203. The lowest BCUT2D eigenvalue weighted by Crippen LogP contribution is -2.22. The van der Waals surface area contributed by atoms with Gasteiger partial charge in [0, 0.05) is 12.4 Å². The van der Waals surface area contributed by atoms with Gasteiger partial charge in [0.2, 0.25) is 5.84 Å². The largest absolute Gasteiger partial charge is 0.363 e. The van der Waals surface area contributed by atoms with E-state index in [1.807, 2.05) is 24.3 Å². The molecule has 0 saturated carbocycles. The van der Waals surface area contributed by atoms with Crippen LogP contribution in [0, 0.1) is 11.3 Å². The topological polar surface area (TPSA) is 128 Å². The summed E-state index contributed by atoms with van der Waals surface area (Å²) in [4.78, 5) is 10.8. The fourth-order valence-corrected chi connectivity index (χ4v) is 1.79. The summed E-state index contributed by atoms with van der Waals surface area (Å²) >= 11 is 0. The van der Waals surface area contributed by atoms with Gasteiger partial charge in [0.25, 0.3) is 0 Å². The predicted octanol–water partition coefficient (Wildman–Crippen LogP) is 2.98. The average Bonchev–Trinajstić information content (AvgIpc) is 3.18. The quantitative estimate of drug-likeness (QED) is 0.323. The van der Waals surface area contributed by atoms with Crippen LogP contribution >= 0.6 is 0 Å². The summed E-state index contributed by atoms with van der Waals surface area (Å²) in [5, 5.41) is 18.3. The first-order valence-electron chi connectivity index (χ1n) is 7.73. The molecule has 0 saturated heterocycles. The molecule has 0 fully saturated rings. The molecular formula is C17H20N8Si.